The Morgan fingerprint density at radius 1 is 1.08 bits per heavy atom. The molecule has 1 aliphatic rings. The molecule has 130 valence electrons. The highest BCUT2D eigenvalue weighted by Crippen LogP contribution is 2.26. The molecule has 2 aromatic heterocycles. The topological polar surface area (TPSA) is 55.0 Å². The van der Waals surface area contributed by atoms with E-state index in [1.165, 1.54) is 5.56 Å². The zero-order valence-corrected chi connectivity index (χ0v) is 14.6. The molecule has 3 aromatic rings. The normalized spacial score (nSPS) is 21.2. The second-order valence-electron chi connectivity index (χ2n) is 6.81. The van der Waals surface area contributed by atoms with Crippen molar-refractivity contribution < 1.29 is 0 Å². The zero-order valence-electron chi connectivity index (χ0n) is 14.6. The summed E-state index contributed by atoms with van der Waals surface area (Å²) in [7, 11) is 4.27. The van der Waals surface area contributed by atoms with Gasteiger partial charge in [-0.2, -0.15) is 0 Å². The van der Waals surface area contributed by atoms with Gasteiger partial charge in [-0.15, -0.1) is 5.10 Å². The van der Waals surface area contributed by atoms with E-state index >= 15 is 0 Å². The first-order valence-corrected chi connectivity index (χ1v) is 8.52. The Bertz CT molecular complexity index is 777. The van der Waals surface area contributed by atoms with Gasteiger partial charge in [0.15, 0.2) is 0 Å². The van der Waals surface area contributed by atoms with Crippen LogP contribution in [0.1, 0.15) is 11.6 Å². The third-order valence-electron chi connectivity index (χ3n) is 4.92. The van der Waals surface area contributed by atoms with E-state index in [-0.39, 0.29) is 0 Å². The summed E-state index contributed by atoms with van der Waals surface area (Å²) in [4.78, 5) is 8.87. The zero-order chi connectivity index (χ0) is 17.2. The summed E-state index contributed by atoms with van der Waals surface area (Å²) in [5.41, 5.74) is 2.45. The number of likely N-dealkylation sites (tertiary alicyclic amines) is 1. The predicted molar refractivity (Wildman–Crippen MR) is 95.4 cm³/mol. The first kappa shape index (κ1) is 16.0. The van der Waals surface area contributed by atoms with Gasteiger partial charge < -0.3 is 9.47 Å². The average Bonchev–Trinajstić information content (AvgIpc) is 3.36. The van der Waals surface area contributed by atoms with E-state index in [0.29, 0.717) is 12.1 Å². The van der Waals surface area contributed by atoms with Gasteiger partial charge in [-0.25, -0.2) is 9.67 Å². The molecule has 0 unspecified atom stereocenters. The highest BCUT2D eigenvalue weighted by Gasteiger charge is 2.35. The van der Waals surface area contributed by atoms with E-state index in [1.807, 2.05) is 28.0 Å². The van der Waals surface area contributed by atoms with Gasteiger partial charge in [0, 0.05) is 50.0 Å². The first-order chi connectivity index (χ1) is 12.2. The second-order valence-corrected chi connectivity index (χ2v) is 6.81. The number of benzene rings is 1. The molecule has 1 aliphatic heterocycles. The van der Waals surface area contributed by atoms with Crippen molar-refractivity contribution in [1.29, 1.82) is 0 Å². The third-order valence-corrected chi connectivity index (χ3v) is 4.92. The molecule has 4 rings (SSSR count). The molecule has 1 fully saturated rings. The molecule has 25 heavy (non-hydrogen) atoms. The summed E-state index contributed by atoms with van der Waals surface area (Å²) in [6.07, 6.45) is 9.29. The van der Waals surface area contributed by atoms with Crippen LogP contribution >= 0.6 is 0 Å². The molecule has 0 amide bonds. The molecular formula is C18H23N7. The minimum Gasteiger partial charge on any atom is -0.306 e. The lowest BCUT2D eigenvalue weighted by Crippen LogP contribution is -2.36. The van der Waals surface area contributed by atoms with Gasteiger partial charge in [-0.1, -0.05) is 17.3 Å². The van der Waals surface area contributed by atoms with Crippen molar-refractivity contribution in [2.75, 3.05) is 27.2 Å². The van der Waals surface area contributed by atoms with E-state index in [9.17, 15) is 0 Å². The van der Waals surface area contributed by atoms with Crippen LogP contribution in [0, 0.1) is 0 Å². The van der Waals surface area contributed by atoms with Crippen LogP contribution in [0.5, 0.6) is 0 Å². The van der Waals surface area contributed by atoms with Crippen molar-refractivity contribution in [3.05, 3.63) is 60.9 Å². The standard InChI is InChI=1S/C18H23N7/c1-22(2)17-12-23(13-18(17)25-10-8-20-21-25)11-15-3-5-16(6-4-15)24-9-7-19-14-24/h3-10,14,17-18H,11-13H2,1-2H3/t17-,18+/m1/s1. The van der Waals surface area contributed by atoms with Crippen LogP contribution in [0.4, 0.5) is 0 Å². The van der Waals surface area contributed by atoms with Gasteiger partial charge >= 0.3 is 0 Å². The summed E-state index contributed by atoms with van der Waals surface area (Å²) in [6.45, 7) is 2.95. The van der Waals surface area contributed by atoms with Crippen LogP contribution in [-0.2, 0) is 6.54 Å². The monoisotopic (exact) mass is 337 g/mol. The van der Waals surface area contributed by atoms with E-state index in [1.54, 1.807) is 12.4 Å². The maximum Gasteiger partial charge on any atom is 0.0991 e. The van der Waals surface area contributed by atoms with Crippen LogP contribution in [0.2, 0.25) is 0 Å². The van der Waals surface area contributed by atoms with E-state index in [4.69, 9.17) is 0 Å². The fraction of sp³-hybridized carbons (Fsp3) is 0.389. The number of hydrogen-bond donors (Lipinski definition) is 0. The Morgan fingerprint density at radius 3 is 2.56 bits per heavy atom. The van der Waals surface area contributed by atoms with Gasteiger partial charge in [0.2, 0.25) is 0 Å². The van der Waals surface area contributed by atoms with Crippen LogP contribution in [0.15, 0.2) is 55.4 Å². The number of nitrogens with zero attached hydrogens (tertiary/aromatic N) is 7. The number of hydrogen-bond acceptors (Lipinski definition) is 5. The van der Waals surface area contributed by atoms with Gasteiger partial charge in [0.25, 0.3) is 0 Å². The summed E-state index contributed by atoms with van der Waals surface area (Å²) < 4.78 is 4.01. The summed E-state index contributed by atoms with van der Waals surface area (Å²) in [6, 6.07) is 9.46. The first-order valence-electron chi connectivity index (χ1n) is 8.52. The quantitative estimate of drug-likeness (QED) is 0.705. The maximum atomic E-state index is 4.22. The molecule has 0 radical (unpaired) electrons. The molecule has 0 spiro atoms. The van der Waals surface area contributed by atoms with Crippen molar-refractivity contribution in [2.45, 2.75) is 18.6 Å². The lowest BCUT2D eigenvalue weighted by atomic mass is 10.1. The molecular weight excluding hydrogens is 314 g/mol. The Morgan fingerprint density at radius 2 is 1.92 bits per heavy atom. The van der Waals surface area contributed by atoms with Crippen molar-refractivity contribution in [3.63, 3.8) is 0 Å². The van der Waals surface area contributed by atoms with E-state index < -0.39 is 0 Å². The van der Waals surface area contributed by atoms with Gasteiger partial charge in [0.1, 0.15) is 0 Å². The molecule has 0 bridgehead atoms. The highest BCUT2D eigenvalue weighted by atomic mass is 15.5. The summed E-state index contributed by atoms with van der Waals surface area (Å²) in [5.74, 6) is 0. The van der Waals surface area contributed by atoms with Crippen LogP contribution in [0.25, 0.3) is 5.69 Å². The van der Waals surface area contributed by atoms with Crippen molar-refractivity contribution in [2.24, 2.45) is 0 Å². The Balaban J connectivity index is 1.46. The number of imidazole rings is 1. The van der Waals surface area contributed by atoms with E-state index in [2.05, 4.69) is 63.5 Å². The number of aromatic nitrogens is 5. The van der Waals surface area contributed by atoms with E-state index in [0.717, 1.165) is 25.3 Å². The predicted octanol–water partition coefficient (Wildman–Crippen LogP) is 1.45. The van der Waals surface area contributed by atoms with Gasteiger partial charge in [-0.3, -0.25) is 4.90 Å². The van der Waals surface area contributed by atoms with Crippen molar-refractivity contribution in [3.8, 4) is 5.69 Å². The molecule has 7 heteroatoms. The lowest BCUT2D eigenvalue weighted by Gasteiger charge is -2.24. The minimum atomic E-state index is 0.336. The molecule has 0 saturated carbocycles. The molecule has 0 aliphatic carbocycles. The molecule has 2 atom stereocenters. The molecule has 3 heterocycles. The highest BCUT2D eigenvalue weighted by molar-refractivity contribution is 5.34. The Labute approximate surface area is 147 Å². The van der Waals surface area contributed by atoms with Crippen LogP contribution < -0.4 is 0 Å². The fourth-order valence-electron chi connectivity index (χ4n) is 3.58. The largest absolute Gasteiger partial charge is 0.306 e. The maximum absolute atomic E-state index is 4.22. The van der Waals surface area contributed by atoms with Gasteiger partial charge in [-0.05, 0) is 31.8 Å². The molecule has 0 N–H and O–H groups in total. The molecule has 7 nitrogen and oxygen atoms in total. The molecule has 1 saturated heterocycles. The average molecular weight is 337 g/mol. The van der Waals surface area contributed by atoms with Crippen molar-refractivity contribution >= 4 is 0 Å². The SMILES string of the molecule is CN(C)[C@@H]1CN(Cc2ccc(-n3ccnc3)cc2)C[C@@H]1n1ccnn1. The number of rotatable bonds is 5. The fourth-order valence-corrected chi connectivity index (χ4v) is 3.58. The van der Waals surface area contributed by atoms with Gasteiger partial charge in [0.05, 0.1) is 18.6 Å². The second kappa shape index (κ2) is 6.78. The Kier molecular flexibility index (Phi) is 4.33. The van der Waals surface area contributed by atoms with Crippen molar-refractivity contribution in [1.82, 2.24) is 34.3 Å². The van der Waals surface area contributed by atoms with Crippen LogP contribution in [-0.4, -0.2) is 67.6 Å². The van der Waals surface area contributed by atoms with Crippen LogP contribution in [0.3, 0.4) is 0 Å². The summed E-state index contributed by atoms with van der Waals surface area (Å²) in [5, 5.41) is 8.19. The smallest absolute Gasteiger partial charge is 0.0991 e. The minimum absolute atomic E-state index is 0.336. The molecule has 1 aromatic carbocycles. The Hall–Kier alpha value is -2.51. The number of likely N-dealkylation sites (N-methyl/N-ethyl adjacent to an activating group) is 1. The lowest BCUT2D eigenvalue weighted by molar-refractivity contribution is 0.237. The summed E-state index contributed by atoms with van der Waals surface area (Å²) >= 11 is 0. The third kappa shape index (κ3) is 3.33.